The van der Waals surface area contributed by atoms with Gasteiger partial charge in [0.2, 0.25) is 10.0 Å². The Morgan fingerprint density at radius 1 is 0.957 bits per heavy atom. The summed E-state index contributed by atoms with van der Waals surface area (Å²) in [5, 5.41) is 0. The third-order valence-electron chi connectivity index (χ3n) is 4.27. The van der Waals surface area contributed by atoms with Gasteiger partial charge in [-0.25, -0.2) is 8.42 Å². The van der Waals surface area contributed by atoms with E-state index in [1.165, 1.54) is 0 Å². The maximum atomic E-state index is 13.2. The first-order valence-corrected chi connectivity index (χ1v) is 9.31. The highest BCUT2D eigenvalue weighted by molar-refractivity contribution is 7.89. The molecule has 0 unspecified atom stereocenters. The van der Waals surface area contributed by atoms with Crippen LogP contribution in [0.15, 0.2) is 71.6 Å². The van der Waals surface area contributed by atoms with Crippen molar-refractivity contribution in [3.63, 3.8) is 0 Å². The molecule has 2 aromatic rings. The van der Waals surface area contributed by atoms with Gasteiger partial charge in [0.25, 0.3) is 0 Å². The first-order valence-electron chi connectivity index (χ1n) is 7.87. The van der Waals surface area contributed by atoms with Gasteiger partial charge >= 0.3 is 0 Å². The molecule has 3 rings (SSSR count). The Morgan fingerprint density at radius 3 is 2.22 bits per heavy atom. The Morgan fingerprint density at radius 2 is 1.61 bits per heavy atom. The Balaban J connectivity index is 2.04. The Labute approximate surface area is 138 Å². The first kappa shape index (κ1) is 16.0. The number of sulfonamides is 1. The van der Waals surface area contributed by atoms with Crippen LogP contribution in [0.5, 0.6) is 0 Å². The largest absolute Gasteiger partial charge is 0.244 e. The minimum atomic E-state index is -3.54. The maximum Gasteiger partial charge on any atom is 0.244 e. The highest BCUT2D eigenvalue weighted by Gasteiger charge is 2.38. The molecule has 0 fully saturated rings. The van der Waals surface area contributed by atoms with Crippen molar-refractivity contribution in [1.82, 2.24) is 4.31 Å². The van der Waals surface area contributed by atoms with Gasteiger partial charge in [0.05, 0.1) is 10.9 Å². The normalized spacial score (nSPS) is 21.7. The average Bonchev–Trinajstić information content (AvgIpc) is 3.01. The van der Waals surface area contributed by atoms with E-state index in [1.54, 1.807) is 16.4 Å². The molecule has 120 valence electrons. The standard InChI is InChI=1S/C19H21NO2S/c1-3-17-11-14-19(16-7-5-4-6-8-16)20(17)23(21,22)18-12-9-15(2)10-13-18/h4-14,17,19H,3H2,1-2H3/t17-,19-/m1/s1. The lowest BCUT2D eigenvalue weighted by molar-refractivity contribution is 0.339. The van der Waals surface area contributed by atoms with Crippen molar-refractivity contribution in [1.29, 1.82) is 0 Å². The molecule has 4 heteroatoms. The van der Waals surface area contributed by atoms with Gasteiger partial charge in [-0.05, 0) is 31.0 Å². The lowest BCUT2D eigenvalue weighted by Gasteiger charge is -2.29. The molecule has 0 radical (unpaired) electrons. The van der Waals surface area contributed by atoms with Crippen LogP contribution in [0.1, 0.15) is 30.5 Å². The quantitative estimate of drug-likeness (QED) is 0.794. The van der Waals surface area contributed by atoms with Crippen molar-refractivity contribution in [3.05, 3.63) is 77.9 Å². The summed E-state index contributed by atoms with van der Waals surface area (Å²) in [6.45, 7) is 3.97. The minimum absolute atomic E-state index is 0.105. The van der Waals surface area contributed by atoms with Crippen LogP contribution in [0.4, 0.5) is 0 Å². The molecule has 0 aliphatic carbocycles. The molecule has 1 aliphatic heterocycles. The van der Waals surface area contributed by atoms with Crippen molar-refractivity contribution in [2.24, 2.45) is 0 Å². The number of hydrogen-bond acceptors (Lipinski definition) is 2. The van der Waals surface area contributed by atoms with E-state index < -0.39 is 10.0 Å². The molecule has 2 aromatic carbocycles. The van der Waals surface area contributed by atoms with Crippen molar-refractivity contribution >= 4 is 10.0 Å². The summed E-state index contributed by atoms with van der Waals surface area (Å²) < 4.78 is 28.0. The van der Waals surface area contributed by atoms with Gasteiger partial charge in [0.15, 0.2) is 0 Å². The van der Waals surface area contributed by atoms with E-state index in [1.807, 2.05) is 68.5 Å². The summed E-state index contributed by atoms with van der Waals surface area (Å²) in [6, 6.07) is 16.5. The number of aryl methyl sites for hydroxylation is 1. The smallest absolute Gasteiger partial charge is 0.207 e. The van der Waals surface area contributed by atoms with E-state index in [0.29, 0.717) is 4.90 Å². The average molecular weight is 327 g/mol. The third kappa shape index (κ3) is 2.96. The molecule has 1 aliphatic rings. The Hall–Kier alpha value is -1.91. The van der Waals surface area contributed by atoms with Crippen LogP contribution in [0.3, 0.4) is 0 Å². The van der Waals surface area contributed by atoms with Crippen LogP contribution in [-0.4, -0.2) is 18.8 Å². The number of hydrogen-bond donors (Lipinski definition) is 0. The lowest BCUT2D eigenvalue weighted by atomic mass is 10.1. The number of rotatable bonds is 4. The van der Waals surface area contributed by atoms with Crippen molar-refractivity contribution in [2.75, 3.05) is 0 Å². The highest BCUT2D eigenvalue weighted by Crippen LogP contribution is 2.36. The fourth-order valence-corrected chi connectivity index (χ4v) is 4.78. The predicted octanol–water partition coefficient (Wildman–Crippen LogP) is 4.08. The molecule has 0 N–H and O–H groups in total. The molecule has 1 heterocycles. The van der Waals surface area contributed by atoms with Crippen LogP contribution in [-0.2, 0) is 10.0 Å². The Kier molecular flexibility index (Phi) is 4.37. The van der Waals surface area contributed by atoms with Crippen molar-refractivity contribution < 1.29 is 8.42 Å². The molecular formula is C19H21NO2S. The van der Waals surface area contributed by atoms with Gasteiger partial charge in [0, 0.05) is 6.04 Å². The van der Waals surface area contributed by atoms with Gasteiger partial charge < -0.3 is 0 Å². The van der Waals surface area contributed by atoms with E-state index in [9.17, 15) is 8.42 Å². The summed E-state index contributed by atoms with van der Waals surface area (Å²) >= 11 is 0. The van der Waals surface area contributed by atoms with Crippen molar-refractivity contribution in [3.8, 4) is 0 Å². The lowest BCUT2D eigenvalue weighted by Crippen LogP contribution is -2.37. The summed E-state index contributed by atoms with van der Waals surface area (Å²) in [5.74, 6) is 0. The second-order valence-electron chi connectivity index (χ2n) is 5.86. The minimum Gasteiger partial charge on any atom is -0.207 e. The first-order chi connectivity index (χ1) is 11.0. The van der Waals surface area contributed by atoms with Crippen LogP contribution < -0.4 is 0 Å². The van der Waals surface area contributed by atoms with Crippen LogP contribution in [0.2, 0.25) is 0 Å². The summed E-state index contributed by atoms with van der Waals surface area (Å²) in [4.78, 5) is 0.353. The molecule has 2 atom stereocenters. The van der Waals surface area contributed by atoms with E-state index in [-0.39, 0.29) is 12.1 Å². The summed E-state index contributed by atoms with van der Waals surface area (Å²) in [7, 11) is -3.54. The molecule has 0 spiro atoms. The molecule has 0 aromatic heterocycles. The molecule has 0 amide bonds. The molecule has 23 heavy (non-hydrogen) atoms. The van der Waals surface area contributed by atoms with Gasteiger partial charge in [-0.1, -0.05) is 67.1 Å². The zero-order valence-corrected chi connectivity index (χ0v) is 14.2. The fourth-order valence-electron chi connectivity index (χ4n) is 2.99. The second-order valence-corrected chi connectivity index (χ2v) is 7.71. The van der Waals surface area contributed by atoms with E-state index in [0.717, 1.165) is 17.5 Å². The second kappa shape index (κ2) is 6.30. The monoisotopic (exact) mass is 327 g/mol. The SMILES string of the molecule is CC[C@@H]1C=C[C@H](c2ccccc2)N1S(=O)(=O)c1ccc(C)cc1. The molecule has 3 nitrogen and oxygen atoms in total. The summed E-state index contributed by atoms with van der Waals surface area (Å²) in [5.41, 5.74) is 2.05. The summed E-state index contributed by atoms with van der Waals surface area (Å²) in [6.07, 6.45) is 4.75. The highest BCUT2D eigenvalue weighted by atomic mass is 32.2. The number of benzene rings is 2. The molecule has 0 saturated carbocycles. The van der Waals surface area contributed by atoms with Gasteiger partial charge in [-0.15, -0.1) is 0 Å². The Bertz CT molecular complexity index is 795. The van der Waals surface area contributed by atoms with Gasteiger partial charge in [-0.3, -0.25) is 0 Å². The predicted molar refractivity (Wildman–Crippen MR) is 92.6 cm³/mol. The van der Waals surface area contributed by atoms with Crippen LogP contribution in [0.25, 0.3) is 0 Å². The number of nitrogens with zero attached hydrogens (tertiary/aromatic N) is 1. The van der Waals surface area contributed by atoms with E-state index >= 15 is 0 Å². The molecule has 0 bridgehead atoms. The zero-order chi connectivity index (χ0) is 16.4. The van der Waals surface area contributed by atoms with Crippen LogP contribution >= 0.6 is 0 Å². The molecular weight excluding hydrogens is 306 g/mol. The van der Waals surface area contributed by atoms with E-state index in [4.69, 9.17) is 0 Å². The van der Waals surface area contributed by atoms with Gasteiger partial charge in [-0.2, -0.15) is 4.31 Å². The molecule has 0 saturated heterocycles. The topological polar surface area (TPSA) is 37.4 Å². The van der Waals surface area contributed by atoms with E-state index in [2.05, 4.69) is 0 Å². The van der Waals surface area contributed by atoms with Gasteiger partial charge in [0.1, 0.15) is 0 Å². The fraction of sp³-hybridized carbons (Fsp3) is 0.263. The van der Waals surface area contributed by atoms with Crippen molar-refractivity contribution in [2.45, 2.75) is 37.2 Å². The van der Waals surface area contributed by atoms with Crippen LogP contribution in [0, 0.1) is 6.92 Å². The third-order valence-corrected chi connectivity index (χ3v) is 6.19. The maximum absolute atomic E-state index is 13.2. The zero-order valence-electron chi connectivity index (χ0n) is 13.4.